The Morgan fingerprint density at radius 2 is 1.96 bits per heavy atom. The fraction of sp³-hybridized carbons (Fsp3) is 0.364. The highest BCUT2D eigenvalue weighted by molar-refractivity contribution is 5.97. The van der Waals surface area contributed by atoms with Gasteiger partial charge in [0, 0.05) is 31.8 Å². The molecule has 2 amide bonds. The minimum atomic E-state index is -0.346. The average Bonchev–Trinajstić information content (AvgIpc) is 3.08. The first-order valence-corrected chi connectivity index (χ1v) is 9.47. The molecule has 1 aliphatic heterocycles. The lowest BCUT2D eigenvalue weighted by Gasteiger charge is -2.17. The average molecular weight is 382 g/mol. The minimum Gasteiger partial charge on any atom is -0.497 e. The van der Waals surface area contributed by atoms with Crippen molar-refractivity contribution in [1.82, 2.24) is 4.90 Å². The first-order valence-electron chi connectivity index (χ1n) is 9.47. The lowest BCUT2D eigenvalue weighted by Crippen LogP contribution is -2.28. The zero-order chi connectivity index (χ0) is 19.9. The molecule has 1 aliphatic rings. The van der Waals surface area contributed by atoms with Gasteiger partial charge in [0.25, 0.3) is 0 Å². The molecule has 1 atom stereocenters. The van der Waals surface area contributed by atoms with Crippen molar-refractivity contribution in [3.8, 4) is 5.75 Å². The van der Waals surface area contributed by atoms with E-state index in [2.05, 4.69) is 5.32 Å². The van der Waals surface area contributed by atoms with Crippen LogP contribution in [0.25, 0.3) is 0 Å². The summed E-state index contributed by atoms with van der Waals surface area (Å²) in [6.45, 7) is 4.02. The SMILES string of the molecule is CCOCc1cccc(NC(=O)C2CC(=O)N(Cc3ccc(OC)cc3)C2)c1. The third-order valence-electron chi connectivity index (χ3n) is 4.79. The van der Waals surface area contributed by atoms with E-state index < -0.39 is 0 Å². The Morgan fingerprint density at radius 1 is 1.18 bits per heavy atom. The second-order valence-electron chi connectivity index (χ2n) is 6.85. The van der Waals surface area contributed by atoms with Crippen molar-refractivity contribution < 1.29 is 19.1 Å². The largest absolute Gasteiger partial charge is 0.497 e. The van der Waals surface area contributed by atoms with Gasteiger partial charge in [-0.2, -0.15) is 0 Å². The zero-order valence-electron chi connectivity index (χ0n) is 16.3. The molecule has 1 heterocycles. The van der Waals surface area contributed by atoms with E-state index >= 15 is 0 Å². The van der Waals surface area contributed by atoms with Crippen LogP contribution in [0.1, 0.15) is 24.5 Å². The number of ether oxygens (including phenoxy) is 2. The van der Waals surface area contributed by atoms with Crippen LogP contribution in [0.5, 0.6) is 5.75 Å². The number of nitrogens with zero attached hydrogens (tertiary/aromatic N) is 1. The van der Waals surface area contributed by atoms with E-state index in [-0.39, 0.29) is 24.2 Å². The molecule has 3 rings (SSSR count). The molecule has 148 valence electrons. The number of benzene rings is 2. The Kier molecular flexibility index (Phi) is 6.66. The zero-order valence-corrected chi connectivity index (χ0v) is 16.3. The van der Waals surface area contributed by atoms with Crippen molar-refractivity contribution in [2.75, 3.05) is 25.6 Å². The first kappa shape index (κ1) is 19.9. The molecule has 1 fully saturated rings. The number of carbonyl (C=O) groups excluding carboxylic acids is 2. The monoisotopic (exact) mass is 382 g/mol. The number of hydrogen-bond acceptors (Lipinski definition) is 4. The maximum absolute atomic E-state index is 12.6. The summed E-state index contributed by atoms with van der Waals surface area (Å²) >= 11 is 0. The summed E-state index contributed by atoms with van der Waals surface area (Å²) in [4.78, 5) is 26.7. The third-order valence-corrected chi connectivity index (χ3v) is 4.79. The van der Waals surface area contributed by atoms with Crippen molar-refractivity contribution in [3.63, 3.8) is 0 Å². The highest BCUT2D eigenvalue weighted by atomic mass is 16.5. The molecule has 28 heavy (non-hydrogen) atoms. The van der Waals surface area contributed by atoms with E-state index in [4.69, 9.17) is 9.47 Å². The number of anilines is 1. The van der Waals surface area contributed by atoms with Gasteiger partial charge in [0.1, 0.15) is 5.75 Å². The molecule has 0 radical (unpaired) electrons. The highest BCUT2D eigenvalue weighted by Gasteiger charge is 2.34. The molecule has 0 bridgehead atoms. The van der Waals surface area contributed by atoms with Crippen molar-refractivity contribution in [1.29, 1.82) is 0 Å². The maximum atomic E-state index is 12.6. The molecule has 6 heteroatoms. The molecule has 1 unspecified atom stereocenters. The Hall–Kier alpha value is -2.86. The van der Waals surface area contributed by atoms with Gasteiger partial charge in [-0.3, -0.25) is 9.59 Å². The Labute approximate surface area is 165 Å². The van der Waals surface area contributed by atoms with Crippen LogP contribution in [0.3, 0.4) is 0 Å². The van der Waals surface area contributed by atoms with Crippen molar-refractivity contribution in [2.24, 2.45) is 5.92 Å². The van der Waals surface area contributed by atoms with Gasteiger partial charge >= 0.3 is 0 Å². The van der Waals surface area contributed by atoms with Crippen LogP contribution in [0.2, 0.25) is 0 Å². The quantitative estimate of drug-likeness (QED) is 0.761. The van der Waals surface area contributed by atoms with Gasteiger partial charge in [0.2, 0.25) is 11.8 Å². The molecule has 2 aromatic rings. The van der Waals surface area contributed by atoms with Crippen LogP contribution in [-0.2, 0) is 27.5 Å². The maximum Gasteiger partial charge on any atom is 0.229 e. The number of carbonyl (C=O) groups is 2. The number of rotatable bonds is 8. The summed E-state index contributed by atoms with van der Waals surface area (Å²) in [6, 6.07) is 15.2. The molecule has 1 N–H and O–H groups in total. The highest BCUT2D eigenvalue weighted by Crippen LogP contribution is 2.23. The summed E-state index contributed by atoms with van der Waals surface area (Å²) in [5.74, 6) is 0.307. The summed E-state index contributed by atoms with van der Waals surface area (Å²) in [5.41, 5.74) is 2.74. The minimum absolute atomic E-state index is 0.000986. The van der Waals surface area contributed by atoms with E-state index in [0.29, 0.717) is 26.3 Å². The van der Waals surface area contributed by atoms with E-state index in [0.717, 1.165) is 22.6 Å². The molecule has 6 nitrogen and oxygen atoms in total. The Balaban J connectivity index is 1.57. The van der Waals surface area contributed by atoms with Crippen molar-refractivity contribution in [2.45, 2.75) is 26.5 Å². The van der Waals surface area contributed by atoms with E-state index in [1.165, 1.54) is 0 Å². The van der Waals surface area contributed by atoms with E-state index in [1.807, 2.05) is 55.5 Å². The van der Waals surface area contributed by atoms with Gasteiger partial charge in [-0.25, -0.2) is 0 Å². The number of methoxy groups -OCH3 is 1. The number of nitrogens with one attached hydrogen (secondary N) is 1. The number of likely N-dealkylation sites (tertiary alicyclic amines) is 1. The molecular formula is C22H26N2O4. The van der Waals surface area contributed by atoms with Gasteiger partial charge in [0.15, 0.2) is 0 Å². The smallest absolute Gasteiger partial charge is 0.229 e. The van der Waals surface area contributed by atoms with Gasteiger partial charge in [-0.1, -0.05) is 24.3 Å². The molecule has 0 saturated carbocycles. The van der Waals surface area contributed by atoms with Crippen molar-refractivity contribution >= 4 is 17.5 Å². The van der Waals surface area contributed by atoms with Gasteiger partial charge in [-0.15, -0.1) is 0 Å². The molecule has 0 aromatic heterocycles. The second kappa shape index (κ2) is 9.37. The molecule has 2 aromatic carbocycles. The first-order chi connectivity index (χ1) is 13.6. The summed E-state index contributed by atoms with van der Waals surface area (Å²) in [6.07, 6.45) is 0.237. The molecule has 1 saturated heterocycles. The van der Waals surface area contributed by atoms with Gasteiger partial charge in [0.05, 0.1) is 19.6 Å². The van der Waals surface area contributed by atoms with E-state index in [9.17, 15) is 9.59 Å². The number of hydrogen-bond donors (Lipinski definition) is 1. The predicted molar refractivity (Wildman–Crippen MR) is 107 cm³/mol. The summed E-state index contributed by atoms with van der Waals surface area (Å²) < 4.78 is 10.6. The van der Waals surface area contributed by atoms with Crippen LogP contribution in [0.4, 0.5) is 5.69 Å². The topological polar surface area (TPSA) is 67.9 Å². The molecule has 0 spiro atoms. The summed E-state index contributed by atoms with van der Waals surface area (Å²) in [7, 11) is 1.62. The molecular weight excluding hydrogens is 356 g/mol. The standard InChI is InChI=1S/C22H26N2O4/c1-3-28-15-17-5-4-6-19(11-17)23-22(26)18-12-21(25)24(14-18)13-16-7-9-20(27-2)10-8-16/h4-11,18H,3,12-15H2,1-2H3,(H,23,26). The lowest BCUT2D eigenvalue weighted by atomic mass is 10.1. The van der Waals surface area contributed by atoms with Gasteiger partial charge < -0.3 is 19.7 Å². The Bertz CT molecular complexity index is 820. The normalized spacial score (nSPS) is 16.3. The van der Waals surface area contributed by atoms with Crippen LogP contribution in [0, 0.1) is 5.92 Å². The number of amides is 2. The lowest BCUT2D eigenvalue weighted by molar-refractivity contribution is -0.128. The molecule has 0 aliphatic carbocycles. The fourth-order valence-electron chi connectivity index (χ4n) is 3.26. The Morgan fingerprint density at radius 3 is 2.68 bits per heavy atom. The van der Waals surface area contributed by atoms with Crippen LogP contribution < -0.4 is 10.1 Å². The van der Waals surface area contributed by atoms with Crippen LogP contribution in [-0.4, -0.2) is 37.0 Å². The fourth-order valence-corrected chi connectivity index (χ4v) is 3.26. The van der Waals surface area contributed by atoms with Crippen LogP contribution in [0.15, 0.2) is 48.5 Å². The second-order valence-corrected chi connectivity index (χ2v) is 6.85. The summed E-state index contributed by atoms with van der Waals surface area (Å²) in [5, 5.41) is 2.93. The van der Waals surface area contributed by atoms with Crippen LogP contribution >= 0.6 is 0 Å². The van der Waals surface area contributed by atoms with Crippen molar-refractivity contribution in [3.05, 3.63) is 59.7 Å². The van der Waals surface area contributed by atoms with E-state index in [1.54, 1.807) is 12.0 Å². The third kappa shape index (κ3) is 5.10. The predicted octanol–water partition coefficient (Wildman–Crippen LogP) is 3.22. The van der Waals surface area contributed by atoms with Gasteiger partial charge in [-0.05, 0) is 42.3 Å².